The van der Waals surface area contributed by atoms with Gasteiger partial charge in [-0.3, -0.25) is 9.69 Å². The van der Waals surface area contributed by atoms with Gasteiger partial charge in [0.1, 0.15) is 0 Å². The summed E-state index contributed by atoms with van der Waals surface area (Å²) in [5.41, 5.74) is 2.57. The van der Waals surface area contributed by atoms with E-state index in [1.165, 1.54) is 11.3 Å². The molecule has 0 unspecified atom stereocenters. The molecule has 0 aliphatic rings. The normalized spacial score (nSPS) is 11.2. The van der Waals surface area contributed by atoms with Gasteiger partial charge in [-0.2, -0.15) is 0 Å². The first-order valence-corrected chi connectivity index (χ1v) is 12.0. The quantitative estimate of drug-likeness (QED) is 0.324. The van der Waals surface area contributed by atoms with E-state index in [4.69, 9.17) is 16.6 Å². The Balaban J connectivity index is 1.67. The molecule has 0 aliphatic carbocycles. The first-order valence-electron chi connectivity index (χ1n) is 9.53. The number of benzene rings is 2. The summed E-state index contributed by atoms with van der Waals surface area (Å²) >= 11 is 9.36. The van der Waals surface area contributed by atoms with E-state index >= 15 is 0 Å². The zero-order valence-electron chi connectivity index (χ0n) is 16.7. The Morgan fingerprint density at radius 2 is 2.17 bits per heavy atom. The predicted molar refractivity (Wildman–Crippen MR) is 126 cm³/mol. The maximum Gasteiger partial charge on any atom is 0.260 e. The van der Waals surface area contributed by atoms with E-state index in [0.29, 0.717) is 22.3 Å². The van der Waals surface area contributed by atoms with Gasteiger partial charge in [-0.05, 0) is 55.5 Å². The van der Waals surface area contributed by atoms with Crippen LogP contribution in [-0.2, 0) is 6.54 Å². The fraction of sp³-hybridized carbons (Fsp3) is 0.227. The van der Waals surface area contributed by atoms with Gasteiger partial charge in [-0.25, -0.2) is 9.97 Å². The Morgan fingerprint density at radius 3 is 2.93 bits per heavy atom. The number of imidazole rings is 1. The highest BCUT2D eigenvalue weighted by Crippen LogP contribution is 2.34. The molecule has 2 heterocycles. The Bertz CT molecular complexity index is 1170. The fourth-order valence-corrected chi connectivity index (χ4v) is 5.19. The van der Waals surface area contributed by atoms with Crippen LogP contribution in [0.4, 0.5) is 5.13 Å². The number of aryl methyl sites for hydroxylation is 2. The summed E-state index contributed by atoms with van der Waals surface area (Å²) in [6, 6.07) is 11.5. The van der Waals surface area contributed by atoms with Crippen LogP contribution in [0.15, 0.2) is 60.0 Å². The van der Waals surface area contributed by atoms with E-state index in [9.17, 15) is 4.79 Å². The molecule has 0 atom stereocenters. The standard InChI is InChI=1S/C22H21ClN4OS2/c1-15-11-17(23)13-19-20(15)25-22(30-19)27(9-4-8-26-10-7-24-14-26)21(28)16-5-3-6-18(12-16)29-2/h3,5-7,10-14H,4,8-9H2,1-2H3. The van der Waals surface area contributed by atoms with Crippen molar-refractivity contribution in [3.63, 3.8) is 0 Å². The summed E-state index contributed by atoms with van der Waals surface area (Å²) in [7, 11) is 0. The van der Waals surface area contributed by atoms with Gasteiger partial charge < -0.3 is 4.57 Å². The van der Waals surface area contributed by atoms with Crippen molar-refractivity contribution in [2.45, 2.75) is 24.8 Å². The number of amides is 1. The van der Waals surface area contributed by atoms with Gasteiger partial charge in [0.05, 0.1) is 16.5 Å². The zero-order valence-corrected chi connectivity index (χ0v) is 19.1. The Morgan fingerprint density at radius 1 is 1.30 bits per heavy atom. The molecule has 0 radical (unpaired) electrons. The first kappa shape index (κ1) is 20.9. The molecule has 0 N–H and O–H groups in total. The molecule has 4 aromatic rings. The van der Waals surface area contributed by atoms with Gasteiger partial charge in [0, 0.05) is 41.0 Å². The largest absolute Gasteiger partial charge is 0.337 e. The predicted octanol–water partition coefficient (Wildman–Crippen LogP) is 5.91. The maximum atomic E-state index is 13.5. The smallest absolute Gasteiger partial charge is 0.260 e. The van der Waals surface area contributed by atoms with Crippen LogP contribution >= 0.6 is 34.7 Å². The van der Waals surface area contributed by atoms with Crippen molar-refractivity contribution in [2.75, 3.05) is 17.7 Å². The molecule has 0 spiro atoms. The van der Waals surface area contributed by atoms with Crippen molar-refractivity contribution < 1.29 is 4.79 Å². The van der Waals surface area contributed by atoms with E-state index in [1.807, 2.05) is 60.3 Å². The minimum atomic E-state index is -0.0423. The topological polar surface area (TPSA) is 51.0 Å². The van der Waals surface area contributed by atoms with Gasteiger partial charge in [0.2, 0.25) is 0 Å². The highest BCUT2D eigenvalue weighted by Gasteiger charge is 2.22. The van der Waals surface area contributed by atoms with Crippen molar-refractivity contribution >= 4 is 56.0 Å². The number of anilines is 1. The van der Waals surface area contributed by atoms with Crippen LogP contribution < -0.4 is 4.90 Å². The van der Waals surface area contributed by atoms with Crippen molar-refractivity contribution in [1.29, 1.82) is 0 Å². The third-order valence-corrected chi connectivity index (χ3v) is 6.76. The number of thioether (sulfide) groups is 1. The second-order valence-electron chi connectivity index (χ2n) is 6.91. The van der Waals surface area contributed by atoms with Gasteiger partial charge >= 0.3 is 0 Å². The SMILES string of the molecule is CSc1cccc(C(=O)N(CCCn2ccnc2)c2nc3c(C)cc(Cl)cc3s2)c1. The van der Waals surface area contributed by atoms with E-state index < -0.39 is 0 Å². The molecule has 4 rings (SSSR count). The molecule has 154 valence electrons. The number of fused-ring (bicyclic) bond motifs is 1. The average molecular weight is 457 g/mol. The van der Waals surface area contributed by atoms with Crippen LogP contribution in [0.1, 0.15) is 22.3 Å². The molecule has 30 heavy (non-hydrogen) atoms. The highest BCUT2D eigenvalue weighted by atomic mass is 35.5. The van der Waals surface area contributed by atoms with Crippen LogP contribution in [0.5, 0.6) is 0 Å². The lowest BCUT2D eigenvalue weighted by atomic mass is 10.2. The van der Waals surface area contributed by atoms with E-state index in [2.05, 4.69) is 4.98 Å². The summed E-state index contributed by atoms with van der Waals surface area (Å²) < 4.78 is 3.00. The molecule has 0 saturated heterocycles. The van der Waals surface area contributed by atoms with Crippen LogP contribution in [0, 0.1) is 6.92 Å². The first-order chi connectivity index (χ1) is 14.5. The van der Waals surface area contributed by atoms with Gasteiger partial charge in [0.25, 0.3) is 5.91 Å². The lowest BCUT2D eigenvalue weighted by molar-refractivity contribution is 0.0986. The average Bonchev–Trinajstić information content (AvgIpc) is 3.40. The summed E-state index contributed by atoms with van der Waals surface area (Å²) in [5, 5.41) is 1.38. The van der Waals surface area contributed by atoms with Gasteiger partial charge in [-0.1, -0.05) is 29.0 Å². The summed E-state index contributed by atoms with van der Waals surface area (Å²) in [5.74, 6) is -0.0423. The third-order valence-electron chi connectivity index (χ3n) is 4.79. The van der Waals surface area contributed by atoms with Crippen LogP contribution in [0.25, 0.3) is 10.2 Å². The summed E-state index contributed by atoms with van der Waals surface area (Å²) in [6.07, 6.45) is 8.28. The molecular formula is C22H21ClN4OS2. The number of carbonyl (C=O) groups is 1. The van der Waals surface area contributed by atoms with Crippen LogP contribution in [0.3, 0.4) is 0 Å². The van der Waals surface area contributed by atoms with Crippen LogP contribution in [-0.4, -0.2) is 33.2 Å². The number of carbonyl (C=O) groups excluding carboxylic acids is 1. The van der Waals surface area contributed by atoms with Gasteiger partial charge in [0.15, 0.2) is 5.13 Å². The molecule has 0 saturated carbocycles. The fourth-order valence-electron chi connectivity index (χ4n) is 3.28. The number of aromatic nitrogens is 3. The lowest BCUT2D eigenvalue weighted by Gasteiger charge is -2.20. The third kappa shape index (κ3) is 4.53. The molecule has 2 aromatic heterocycles. The second kappa shape index (κ2) is 9.20. The molecule has 1 amide bonds. The van der Waals surface area contributed by atoms with Crippen molar-refractivity contribution in [3.05, 3.63) is 71.3 Å². The number of rotatable bonds is 7. The minimum Gasteiger partial charge on any atom is -0.337 e. The van der Waals surface area contributed by atoms with E-state index in [1.54, 1.807) is 29.2 Å². The number of hydrogen-bond donors (Lipinski definition) is 0. The number of halogens is 1. The number of thiazole rings is 1. The minimum absolute atomic E-state index is 0.0423. The molecule has 5 nitrogen and oxygen atoms in total. The highest BCUT2D eigenvalue weighted by molar-refractivity contribution is 7.98. The Hall–Kier alpha value is -2.35. The monoisotopic (exact) mass is 456 g/mol. The summed E-state index contributed by atoms with van der Waals surface area (Å²) in [6.45, 7) is 3.34. The second-order valence-corrected chi connectivity index (χ2v) is 9.23. The molecule has 0 aliphatic heterocycles. The van der Waals surface area contributed by atoms with Crippen LogP contribution in [0.2, 0.25) is 5.02 Å². The number of hydrogen-bond acceptors (Lipinski definition) is 5. The van der Waals surface area contributed by atoms with E-state index in [0.717, 1.165) is 33.6 Å². The lowest BCUT2D eigenvalue weighted by Crippen LogP contribution is -2.32. The van der Waals surface area contributed by atoms with Crippen molar-refractivity contribution in [2.24, 2.45) is 0 Å². The maximum absolute atomic E-state index is 13.5. The summed E-state index contributed by atoms with van der Waals surface area (Å²) in [4.78, 5) is 25.2. The van der Waals surface area contributed by atoms with Crippen molar-refractivity contribution in [3.8, 4) is 0 Å². The van der Waals surface area contributed by atoms with E-state index in [-0.39, 0.29) is 5.91 Å². The molecular weight excluding hydrogens is 436 g/mol. The Labute approximate surface area is 188 Å². The van der Waals surface area contributed by atoms with Gasteiger partial charge in [-0.15, -0.1) is 11.8 Å². The molecule has 0 fully saturated rings. The molecule has 0 bridgehead atoms. The molecule has 8 heteroatoms. The Kier molecular flexibility index (Phi) is 6.41. The zero-order chi connectivity index (χ0) is 21.1. The van der Waals surface area contributed by atoms with Crippen molar-refractivity contribution in [1.82, 2.24) is 14.5 Å². The number of nitrogens with zero attached hydrogens (tertiary/aromatic N) is 4. The molecule has 2 aromatic carbocycles.